The molecule has 1 N–H and O–H groups in total. The van der Waals surface area contributed by atoms with Crippen molar-refractivity contribution in [1.82, 2.24) is 5.32 Å². The fourth-order valence-corrected chi connectivity index (χ4v) is 2.78. The molecule has 0 saturated carbocycles. The fourth-order valence-electron chi connectivity index (χ4n) is 1.60. The summed E-state index contributed by atoms with van der Waals surface area (Å²) in [5.41, 5.74) is 1.46. The normalized spacial score (nSPS) is 23.8. The molecule has 1 fully saturated rings. The van der Waals surface area contributed by atoms with Gasteiger partial charge in [-0.3, -0.25) is 0 Å². The molecule has 0 aliphatic carbocycles. The molecule has 0 radical (unpaired) electrons. The molecule has 1 nitrogen and oxygen atoms in total. The maximum absolute atomic E-state index is 3.47. The second-order valence-electron chi connectivity index (χ2n) is 3.33. The Bertz CT molecular complexity index is 240. The average molecular weight is 193 g/mol. The standard InChI is InChI=1S/C11H15NS/c1-2-5-10(6-3-1)11-9-12-7-4-8-13-11/h1-3,5-6,11-12H,4,7-9H2/t11-/m0/s1. The lowest BCUT2D eigenvalue weighted by Crippen LogP contribution is -2.18. The number of benzene rings is 1. The number of thioether (sulfide) groups is 1. The smallest absolute Gasteiger partial charge is 0.0421 e. The molecule has 13 heavy (non-hydrogen) atoms. The van der Waals surface area contributed by atoms with Crippen LogP contribution in [0.15, 0.2) is 30.3 Å². The van der Waals surface area contributed by atoms with Crippen molar-refractivity contribution in [2.24, 2.45) is 0 Å². The van der Waals surface area contributed by atoms with Gasteiger partial charge in [0.2, 0.25) is 0 Å². The molecule has 1 heterocycles. The van der Waals surface area contributed by atoms with Gasteiger partial charge in [0.15, 0.2) is 0 Å². The van der Waals surface area contributed by atoms with Crippen LogP contribution in [-0.4, -0.2) is 18.8 Å². The molecular weight excluding hydrogens is 178 g/mol. The lowest BCUT2D eigenvalue weighted by molar-refractivity contribution is 0.684. The van der Waals surface area contributed by atoms with E-state index in [0.29, 0.717) is 5.25 Å². The van der Waals surface area contributed by atoms with Crippen LogP contribution in [0, 0.1) is 0 Å². The number of rotatable bonds is 1. The summed E-state index contributed by atoms with van der Waals surface area (Å²) in [4.78, 5) is 0. The summed E-state index contributed by atoms with van der Waals surface area (Å²) < 4.78 is 0. The van der Waals surface area contributed by atoms with Crippen LogP contribution >= 0.6 is 11.8 Å². The van der Waals surface area contributed by atoms with Crippen LogP contribution in [-0.2, 0) is 0 Å². The summed E-state index contributed by atoms with van der Waals surface area (Å²) in [7, 11) is 0. The fraction of sp³-hybridized carbons (Fsp3) is 0.455. The highest BCUT2D eigenvalue weighted by Crippen LogP contribution is 2.29. The molecule has 1 aromatic carbocycles. The van der Waals surface area contributed by atoms with E-state index in [2.05, 4.69) is 47.4 Å². The Balaban J connectivity index is 2.06. The number of nitrogens with one attached hydrogen (secondary N) is 1. The van der Waals surface area contributed by atoms with Gasteiger partial charge in [0, 0.05) is 11.8 Å². The van der Waals surface area contributed by atoms with E-state index in [4.69, 9.17) is 0 Å². The van der Waals surface area contributed by atoms with Gasteiger partial charge in [-0.15, -0.1) is 0 Å². The molecule has 1 atom stereocenters. The van der Waals surface area contributed by atoms with Gasteiger partial charge in [0.25, 0.3) is 0 Å². The summed E-state index contributed by atoms with van der Waals surface area (Å²) in [6, 6.07) is 10.8. The van der Waals surface area contributed by atoms with E-state index in [1.807, 2.05) is 0 Å². The molecule has 1 aliphatic rings. The van der Waals surface area contributed by atoms with E-state index in [-0.39, 0.29) is 0 Å². The molecule has 70 valence electrons. The first-order valence-corrected chi connectivity index (χ1v) is 5.89. The van der Waals surface area contributed by atoms with E-state index in [1.54, 1.807) is 0 Å². The first-order valence-electron chi connectivity index (χ1n) is 4.84. The second kappa shape index (κ2) is 4.68. The van der Waals surface area contributed by atoms with Crippen molar-refractivity contribution in [2.75, 3.05) is 18.8 Å². The van der Waals surface area contributed by atoms with Gasteiger partial charge >= 0.3 is 0 Å². The van der Waals surface area contributed by atoms with Gasteiger partial charge in [0.1, 0.15) is 0 Å². The molecule has 0 unspecified atom stereocenters. The molecular formula is C11H15NS. The largest absolute Gasteiger partial charge is 0.315 e. The van der Waals surface area contributed by atoms with Crippen molar-refractivity contribution >= 4 is 11.8 Å². The van der Waals surface area contributed by atoms with Crippen LogP contribution in [0.5, 0.6) is 0 Å². The van der Waals surface area contributed by atoms with E-state index >= 15 is 0 Å². The zero-order chi connectivity index (χ0) is 8.93. The molecule has 0 amide bonds. The first-order chi connectivity index (χ1) is 6.47. The SMILES string of the molecule is c1ccc([C@@H]2CNCCCS2)cc1. The van der Waals surface area contributed by atoms with Gasteiger partial charge < -0.3 is 5.32 Å². The molecule has 1 aliphatic heterocycles. The predicted molar refractivity (Wildman–Crippen MR) is 59.1 cm³/mol. The third-order valence-corrected chi connectivity index (χ3v) is 3.68. The van der Waals surface area contributed by atoms with Crippen LogP contribution in [0.1, 0.15) is 17.2 Å². The van der Waals surface area contributed by atoms with Crippen LogP contribution in [0.2, 0.25) is 0 Å². The monoisotopic (exact) mass is 193 g/mol. The molecule has 0 bridgehead atoms. The number of hydrogen-bond acceptors (Lipinski definition) is 2. The predicted octanol–water partition coefficient (Wildman–Crippen LogP) is 2.45. The van der Waals surface area contributed by atoms with E-state index < -0.39 is 0 Å². The van der Waals surface area contributed by atoms with Gasteiger partial charge in [-0.05, 0) is 24.3 Å². The third kappa shape index (κ3) is 2.48. The van der Waals surface area contributed by atoms with Crippen LogP contribution in [0.25, 0.3) is 0 Å². The maximum atomic E-state index is 3.47. The minimum Gasteiger partial charge on any atom is -0.315 e. The lowest BCUT2D eigenvalue weighted by Gasteiger charge is -2.13. The Hall–Kier alpha value is -0.470. The van der Waals surface area contributed by atoms with Gasteiger partial charge in [-0.1, -0.05) is 30.3 Å². The summed E-state index contributed by atoms with van der Waals surface area (Å²) in [5.74, 6) is 1.28. The van der Waals surface area contributed by atoms with Crippen molar-refractivity contribution in [3.8, 4) is 0 Å². The van der Waals surface area contributed by atoms with Crippen molar-refractivity contribution in [3.05, 3.63) is 35.9 Å². The van der Waals surface area contributed by atoms with Gasteiger partial charge in [-0.2, -0.15) is 11.8 Å². The molecule has 1 saturated heterocycles. The van der Waals surface area contributed by atoms with Crippen LogP contribution in [0.4, 0.5) is 0 Å². The highest BCUT2D eigenvalue weighted by molar-refractivity contribution is 7.99. The Morgan fingerprint density at radius 3 is 2.92 bits per heavy atom. The van der Waals surface area contributed by atoms with E-state index in [9.17, 15) is 0 Å². The topological polar surface area (TPSA) is 12.0 Å². The second-order valence-corrected chi connectivity index (χ2v) is 4.64. The highest BCUT2D eigenvalue weighted by atomic mass is 32.2. The van der Waals surface area contributed by atoms with Crippen molar-refractivity contribution in [3.63, 3.8) is 0 Å². The molecule has 0 spiro atoms. The summed E-state index contributed by atoms with van der Waals surface area (Å²) in [5, 5.41) is 4.13. The van der Waals surface area contributed by atoms with E-state index in [1.165, 1.54) is 24.3 Å². The zero-order valence-electron chi connectivity index (χ0n) is 7.70. The highest BCUT2D eigenvalue weighted by Gasteiger charge is 2.13. The Kier molecular flexibility index (Phi) is 3.27. The van der Waals surface area contributed by atoms with Crippen molar-refractivity contribution < 1.29 is 0 Å². The van der Waals surface area contributed by atoms with E-state index in [0.717, 1.165) is 6.54 Å². The zero-order valence-corrected chi connectivity index (χ0v) is 8.52. The van der Waals surface area contributed by atoms with Gasteiger partial charge in [0.05, 0.1) is 0 Å². The average Bonchev–Trinajstić information content (AvgIpc) is 2.47. The summed E-state index contributed by atoms with van der Waals surface area (Å²) in [6.45, 7) is 2.30. The maximum Gasteiger partial charge on any atom is 0.0421 e. The summed E-state index contributed by atoms with van der Waals surface area (Å²) in [6.07, 6.45) is 1.30. The summed E-state index contributed by atoms with van der Waals surface area (Å²) >= 11 is 2.07. The molecule has 0 aromatic heterocycles. The number of hydrogen-bond donors (Lipinski definition) is 1. The minimum atomic E-state index is 0.656. The van der Waals surface area contributed by atoms with Crippen molar-refractivity contribution in [1.29, 1.82) is 0 Å². The van der Waals surface area contributed by atoms with Crippen LogP contribution in [0.3, 0.4) is 0 Å². The Morgan fingerprint density at radius 1 is 1.23 bits per heavy atom. The minimum absolute atomic E-state index is 0.656. The van der Waals surface area contributed by atoms with Crippen molar-refractivity contribution in [2.45, 2.75) is 11.7 Å². The molecule has 1 aromatic rings. The van der Waals surface area contributed by atoms with Gasteiger partial charge in [-0.25, -0.2) is 0 Å². The first kappa shape index (κ1) is 9.10. The molecule has 2 rings (SSSR count). The lowest BCUT2D eigenvalue weighted by atomic mass is 10.1. The van der Waals surface area contributed by atoms with Crippen LogP contribution < -0.4 is 5.32 Å². The Labute approximate surface area is 83.9 Å². The third-order valence-electron chi connectivity index (χ3n) is 2.32. The Morgan fingerprint density at radius 2 is 2.08 bits per heavy atom. The quantitative estimate of drug-likeness (QED) is 0.735. The molecule has 2 heteroatoms.